The highest BCUT2D eigenvalue weighted by Gasteiger charge is 2.45. The van der Waals surface area contributed by atoms with Gasteiger partial charge in [0.25, 0.3) is 0 Å². The SMILES string of the molecule is Cc1cnn(CC(=O)N2CCC(C(=O)O)C3CCCC32)c1. The molecule has 6 nitrogen and oxygen atoms in total. The molecule has 0 radical (unpaired) electrons. The monoisotopic (exact) mass is 291 g/mol. The predicted molar refractivity (Wildman–Crippen MR) is 75.5 cm³/mol. The standard InChI is InChI=1S/C15H21N3O3/c1-10-7-16-17(8-10)9-14(19)18-6-5-12(15(20)21)11-3-2-4-13(11)18/h7-8,11-13H,2-6,9H2,1H3,(H,20,21). The second kappa shape index (κ2) is 5.50. The molecule has 0 bridgehead atoms. The first kappa shape index (κ1) is 14.1. The Kier molecular flexibility index (Phi) is 3.69. The normalized spacial score (nSPS) is 28.4. The second-order valence-corrected chi connectivity index (χ2v) is 6.20. The minimum absolute atomic E-state index is 0.0545. The lowest BCUT2D eigenvalue weighted by Gasteiger charge is -2.41. The topological polar surface area (TPSA) is 75.4 Å². The molecule has 1 amide bonds. The van der Waals surface area contributed by atoms with Gasteiger partial charge in [-0.05, 0) is 37.7 Å². The van der Waals surface area contributed by atoms with Crippen molar-refractivity contribution in [2.45, 2.75) is 45.2 Å². The van der Waals surface area contributed by atoms with Crippen molar-refractivity contribution in [2.75, 3.05) is 6.54 Å². The summed E-state index contributed by atoms with van der Waals surface area (Å²) in [5.74, 6) is -0.811. The van der Waals surface area contributed by atoms with Crippen LogP contribution in [-0.4, -0.2) is 44.3 Å². The number of likely N-dealkylation sites (tertiary alicyclic amines) is 1. The van der Waals surface area contributed by atoms with Gasteiger partial charge >= 0.3 is 5.97 Å². The smallest absolute Gasteiger partial charge is 0.306 e. The van der Waals surface area contributed by atoms with Crippen molar-refractivity contribution in [1.29, 1.82) is 0 Å². The Labute approximate surface area is 123 Å². The fraction of sp³-hybridized carbons (Fsp3) is 0.667. The van der Waals surface area contributed by atoms with Crippen LogP contribution in [0, 0.1) is 18.8 Å². The van der Waals surface area contributed by atoms with Crippen molar-refractivity contribution in [2.24, 2.45) is 11.8 Å². The van der Waals surface area contributed by atoms with Crippen molar-refractivity contribution >= 4 is 11.9 Å². The molecule has 1 N–H and O–H groups in total. The summed E-state index contributed by atoms with van der Waals surface area (Å²) in [6.45, 7) is 2.74. The molecule has 0 spiro atoms. The average molecular weight is 291 g/mol. The Hall–Kier alpha value is -1.85. The van der Waals surface area contributed by atoms with E-state index in [2.05, 4.69) is 5.10 Å². The highest BCUT2D eigenvalue weighted by atomic mass is 16.4. The molecule has 1 aliphatic carbocycles. The summed E-state index contributed by atoms with van der Waals surface area (Å²) in [4.78, 5) is 25.8. The van der Waals surface area contributed by atoms with E-state index in [1.54, 1.807) is 10.9 Å². The van der Waals surface area contributed by atoms with Gasteiger partial charge < -0.3 is 10.0 Å². The van der Waals surface area contributed by atoms with Gasteiger partial charge in [0.1, 0.15) is 6.54 Å². The molecule has 114 valence electrons. The van der Waals surface area contributed by atoms with E-state index in [1.807, 2.05) is 18.0 Å². The highest BCUT2D eigenvalue weighted by molar-refractivity contribution is 5.77. The zero-order valence-corrected chi connectivity index (χ0v) is 12.2. The van der Waals surface area contributed by atoms with Crippen LogP contribution in [0.4, 0.5) is 0 Å². The maximum absolute atomic E-state index is 12.5. The van der Waals surface area contributed by atoms with E-state index in [0.29, 0.717) is 13.0 Å². The number of hydrogen-bond acceptors (Lipinski definition) is 3. The molecule has 1 saturated carbocycles. The van der Waals surface area contributed by atoms with Crippen LogP contribution in [-0.2, 0) is 16.1 Å². The molecule has 3 atom stereocenters. The third kappa shape index (κ3) is 2.66. The molecule has 2 aliphatic rings. The molecule has 1 aromatic heterocycles. The first-order chi connectivity index (χ1) is 10.1. The molecule has 0 aromatic carbocycles. The Morgan fingerprint density at radius 3 is 2.86 bits per heavy atom. The van der Waals surface area contributed by atoms with Crippen LogP contribution in [0.5, 0.6) is 0 Å². The quantitative estimate of drug-likeness (QED) is 0.910. The Bertz CT molecular complexity index is 554. The number of fused-ring (bicyclic) bond motifs is 1. The molecule has 2 fully saturated rings. The molecule has 1 aromatic rings. The van der Waals surface area contributed by atoms with Gasteiger partial charge in [0.2, 0.25) is 5.91 Å². The summed E-state index contributed by atoms with van der Waals surface area (Å²) in [5.41, 5.74) is 1.03. The zero-order valence-electron chi connectivity index (χ0n) is 12.2. The Balaban J connectivity index is 1.71. The highest BCUT2D eigenvalue weighted by Crippen LogP contribution is 2.40. The molecular formula is C15H21N3O3. The summed E-state index contributed by atoms with van der Waals surface area (Å²) in [7, 11) is 0. The third-order valence-corrected chi connectivity index (χ3v) is 4.83. The number of aliphatic carboxylic acids is 1. The number of carboxylic acids is 1. The van der Waals surface area contributed by atoms with Crippen LogP contribution in [0.15, 0.2) is 12.4 Å². The maximum Gasteiger partial charge on any atom is 0.306 e. The van der Waals surface area contributed by atoms with Crippen LogP contribution < -0.4 is 0 Å². The van der Waals surface area contributed by atoms with Crippen molar-refractivity contribution in [3.63, 3.8) is 0 Å². The summed E-state index contributed by atoms with van der Waals surface area (Å²) in [5, 5.41) is 13.5. The van der Waals surface area contributed by atoms with Gasteiger partial charge in [-0.25, -0.2) is 0 Å². The molecule has 2 heterocycles. The summed E-state index contributed by atoms with van der Waals surface area (Å²) >= 11 is 0. The first-order valence-electron chi connectivity index (χ1n) is 7.57. The number of nitrogens with zero attached hydrogens (tertiary/aromatic N) is 3. The van der Waals surface area contributed by atoms with Crippen LogP contribution in [0.1, 0.15) is 31.2 Å². The molecule has 3 rings (SSSR count). The Morgan fingerprint density at radius 1 is 1.38 bits per heavy atom. The van der Waals surface area contributed by atoms with Gasteiger partial charge in [0.15, 0.2) is 0 Å². The number of aryl methyl sites for hydroxylation is 1. The van der Waals surface area contributed by atoms with Crippen molar-refractivity contribution in [3.8, 4) is 0 Å². The summed E-state index contributed by atoms with van der Waals surface area (Å²) < 4.78 is 1.66. The number of hydrogen-bond donors (Lipinski definition) is 1. The first-order valence-corrected chi connectivity index (χ1v) is 7.57. The number of aromatic nitrogens is 2. The van der Waals surface area contributed by atoms with Gasteiger partial charge in [-0.2, -0.15) is 5.10 Å². The van der Waals surface area contributed by atoms with E-state index in [-0.39, 0.29) is 30.3 Å². The van der Waals surface area contributed by atoms with Gasteiger partial charge in [-0.1, -0.05) is 6.42 Å². The van der Waals surface area contributed by atoms with E-state index >= 15 is 0 Å². The average Bonchev–Trinajstić information content (AvgIpc) is 3.06. The van der Waals surface area contributed by atoms with Crippen LogP contribution in [0.2, 0.25) is 0 Å². The lowest BCUT2D eigenvalue weighted by atomic mass is 9.81. The number of rotatable bonds is 3. The number of amides is 1. The molecule has 21 heavy (non-hydrogen) atoms. The third-order valence-electron chi connectivity index (χ3n) is 4.83. The minimum atomic E-state index is -0.707. The summed E-state index contributed by atoms with van der Waals surface area (Å²) in [6.07, 6.45) is 7.03. The van der Waals surface area contributed by atoms with E-state index in [4.69, 9.17) is 0 Å². The number of piperidine rings is 1. The summed E-state index contributed by atoms with van der Waals surface area (Å²) in [6, 6.07) is 0.101. The lowest BCUT2D eigenvalue weighted by molar-refractivity contribution is -0.151. The minimum Gasteiger partial charge on any atom is -0.481 e. The zero-order chi connectivity index (χ0) is 15.0. The number of carboxylic acid groups (broad SMARTS) is 1. The molecule has 1 saturated heterocycles. The largest absolute Gasteiger partial charge is 0.481 e. The van der Waals surface area contributed by atoms with Crippen molar-refractivity contribution < 1.29 is 14.7 Å². The number of carbonyl (C=O) groups is 2. The fourth-order valence-corrected chi connectivity index (χ4v) is 3.88. The molecule has 1 aliphatic heterocycles. The molecular weight excluding hydrogens is 270 g/mol. The fourth-order valence-electron chi connectivity index (χ4n) is 3.88. The van der Waals surface area contributed by atoms with Crippen LogP contribution in [0.3, 0.4) is 0 Å². The van der Waals surface area contributed by atoms with E-state index in [9.17, 15) is 14.7 Å². The number of carbonyl (C=O) groups excluding carboxylic acids is 1. The Morgan fingerprint density at radius 2 is 2.19 bits per heavy atom. The van der Waals surface area contributed by atoms with Gasteiger partial charge in [-0.3, -0.25) is 14.3 Å². The van der Waals surface area contributed by atoms with Gasteiger partial charge in [-0.15, -0.1) is 0 Å². The van der Waals surface area contributed by atoms with Crippen molar-refractivity contribution in [1.82, 2.24) is 14.7 Å². The van der Waals surface area contributed by atoms with Crippen molar-refractivity contribution in [3.05, 3.63) is 18.0 Å². The van der Waals surface area contributed by atoms with Crippen LogP contribution >= 0.6 is 0 Å². The van der Waals surface area contributed by atoms with E-state index < -0.39 is 5.97 Å². The maximum atomic E-state index is 12.5. The van der Waals surface area contributed by atoms with E-state index in [1.165, 1.54) is 0 Å². The second-order valence-electron chi connectivity index (χ2n) is 6.20. The molecule has 6 heteroatoms. The van der Waals surface area contributed by atoms with Crippen LogP contribution in [0.25, 0.3) is 0 Å². The van der Waals surface area contributed by atoms with E-state index in [0.717, 1.165) is 24.8 Å². The van der Waals surface area contributed by atoms with Gasteiger partial charge in [0, 0.05) is 18.8 Å². The predicted octanol–water partition coefficient (Wildman–Crippen LogP) is 1.29. The lowest BCUT2D eigenvalue weighted by Crippen LogP contribution is -2.51. The van der Waals surface area contributed by atoms with Gasteiger partial charge in [0.05, 0.1) is 12.1 Å². The molecule has 3 unspecified atom stereocenters.